The number of nitrogens with two attached hydrogens (primary N) is 1. The SMILES string of the molecule is CCNS(=O)(=O)c1ccc(N)c(N(C)C)c1. The number of nitrogen functional groups attached to an aromatic ring is 1. The third-order valence-electron chi connectivity index (χ3n) is 2.13. The van der Waals surface area contributed by atoms with Gasteiger partial charge in [0, 0.05) is 20.6 Å². The number of benzene rings is 1. The Morgan fingerprint density at radius 1 is 1.38 bits per heavy atom. The van der Waals surface area contributed by atoms with Crippen molar-refractivity contribution < 1.29 is 8.42 Å². The zero-order valence-electron chi connectivity index (χ0n) is 9.69. The van der Waals surface area contributed by atoms with Crippen molar-refractivity contribution in [3.8, 4) is 0 Å². The van der Waals surface area contributed by atoms with Crippen molar-refractivity contribution in [2.75, 3.05) is 31.3 Å². The minimum atomic E-state index is -3.42. The first-order valence-corrected chi connectivity index (χ1v) is 6.43. The molecule has 16 heavy (non-hydrogen) atoms. The van der Waals surface area contributed by atoms with Crippen molar-refractivity contribution in [2.45, 2.75) is 11.8 Å². The molecule has 6 heteroatoms. The van der Waals surface area contributed by atoms with Crippen LogP contribution in [0.5, 0.6) is 0 Å². The van der Waals surface area contributed by atoms with Gasteiger partial charge in [0.05, 0.1) is 16.3 Å². The van der Waals surface area contributed by atoms with Crippen LogP contribution in [0.15, 0.2) is 23.1 Å². The first kappa shape index (κ1) is 12.8. The normalized spacial score (nSPS) is 11.4. The lowest BCUT2D eigenvalue weighted by atomic mass is 10.2. The molecule has 1 aromatic carbocycles. The summed E-state index contributed by atoms with van der Waals surface area (Å²) in [6, 6.07) is 4.66. The average Bonchev–Trinajstić information content (AvgIpc) is 2.17. The van der Waals surface area contributed by atoms with E-state index in [1.807, 2.05) is 14.1 Å². The summed E-state index contributed by atoms with van der Waals surface area (Å²) < 4.78 is 25.9. The molecule has 3 N–H and O–H groups in total. The number of anilines is 2. The molecule has 0 atom stereocenters. The van der Waals surface area contributed by atoms with Crippen LogP contribution in [0, 0.1) is 0 Å². The van der Waals surface area contributed by atoms with Crippen molar-refractivity contribution in [3.05, 3.63) is 18.2 Å². The van der Waals surface area contributed by atoms with Crippen LogP contribution in [0.25, 0.3) is 0 Å². The predicted octanol–water partition coefficient (Wildman–Crippen LogP) is 0.633. The highest BCUT2D eigenvalue weighted by Gasteiger charge is 2.14. The number of sulfonamides is 1. The highest BCUT2D eigenvalue weighted by atomic mass is 32.2. The Bertz CT molecular complexity index is 469. The number of hydrogen-bond donors (Lipinski definition) is 2. The molecule has 0 heterocycles. The predicted molar refractivity (Wildman–Crippen MR) is 66.0 cm³/mol. The van der Waals surface area contributed by atoms with Crippen molar-refractivity contribution in [1.29, 1.82) is 0 Å². The maximum absolute atomic E-state index is 11.7. The van der Waals surface area contributed by atoms with E-state index in [9.17, 15) is 8.42 Å². The fourth-order valence-corrected chi connectivity index (χ4v) is 2.41. The molecule has 90 valence electrons. The number of rotatable bonds is 4. The van der Waals surface area contributed by atoms with Gasteiger partial charge in [-0.05, 0) is 18.2 Å². The molecule has 0 unspecified atom stereocenters. The summed E-state index contributed by atoms with van der Waals surface area (Å²) in [6.07, 6.45) is 0. The molecule has 0 spiro atoms. The largest absolute Gasteiger partial charge is 0.397 e. The van der Waals surface area contributed by atoms with Crippen LogP contribution in [0.3, 0.4) is 0 Å². The van der Waals surface area contributed by atoms with Crippen LogP contribution in [-0.2, 0) is 10.0 Å². The van der Waals surface area contributed by atoms with Gasteiger partial charge in [0.2, 0.25) is 10.0 Å². The van der Waals surface area contributed by atoms with Crippen molar-refractivity contribution >= 4 is 21.4 Å². The number of nitrogens with one attached hydrogen (secondary N) is 1. The molecule has 5 nitrogen and oxygen atoms in total. The van der Waals surface area contributed by atoms with Crippen LogP contribution in [0.4, 0.5) is 11.4 Å². The van der Waals surface area contributed by atoms with E-state index in [4.69, 9.17) is 5.73 Å². The second kappa shape index (κ2) is 4.71. The summed E-state index contributed by atoms with van der Waals surface area (Å²) in [5, 5.41) is 0. The molecule has 0 radical (unpaired) electrons. The van der Waals surface area contributed by atoms with E-state index in [0.717, 1.165) is 0 Å². The summed E-state index contributed by atoms with van der Waals surface area (Å²) in [5.74, 6) is 0. The Hall–Kier alpha value is -1.27. The lowest BCUT2D eigenvalue weighted by Gasteiger charge is -2.16. The third kappa shape index (κ3) is 2.65. The molecule has 0 amide bonds. The van der Waals surface area contributed by atoms with Crippen LogP contribution in [0.2, 0.25) is 0 Å². The zero-order chi connectivity index (χ0) is 12.3. The molecule has 0 aliphatic rings. The van der Waals surface area contributed by atoms with E-state index >= 15 is 0 Å². The van der Waals surface area contributed by atoms with E-state index in [1.165, 1.54) is 6.07 Å². The molecule has 1 aromatic rings. The number of nitrogens with zero attached hydrogens (tertiary/aromatic N) is 1. The topological polar surface area (TPSA) is 75.4 Å². The van der Waals surface area contributed by atoms with Crippen molar-refractivity contribution in [1.82, 2.24) is 4.72 Å². The van der Waals surface area contributed by atoms with E-state index in [0.29, 0.717) is 17.9 Å². The highest BCUT2D eigenvalue weighted by Crippen LogP contribution is 2.24. The molecule has 0 aliphatic heterocycles. The average molecular weight is 243 g/mol. The zero-order valence-corrected chi connectivity index (χ0v) is 10.5. The van der Waals surface area contributed by atoms with Crippen molar-refractivity contribution in [3.63, 3.8) is 0 Å². The van der Waals surface area contributed by atoms with Crippen LogP contribution < -0.4 is 15.4 Å². The molecule has 0 bridgehead atoms. The summed E-state index contributed by atoms with van der Waals surface area (Å²) in [4.78, 5) is 2.01. The van der Waals surface area contributed by atoms with Gasteiger partial charge in [-0.15, -0.1) is 0 Å². The van der Waals surface area contributed by atoms with Crippen molar-refractivity contribution in [2.24, 2.45) is 0 Å². The lowest BCUT2D eigenvalue weighted by molar-refractivity contribution is 0.584. The van der Waals surface area contributed by atoms with Crippen LogP contribution >= 0.6 is 0 Å². The van der Waals surface area contributed by atoms with Gasteiger partial charge < -0.3 is 10.6 Å². The lowest BCUT2D eigenvalue weighted by Crippen LogP contribution is -2.23. The van der Waals surface area contributed by atoms with E-state index in [2.05, 4.69) is 4.72 Å². The molecule has 0 saturated carbocycles. The van der Waals surface area contributed by atoms with Crippen LogP contribution in [0.1, 0.15) is 6.92 Å². The van der Waals surface area contributed by atoms with Gasteiger partial charge in [0.15, 0.2) is 0 Å². The fourth-order valence-electron chi connectivity index (χ4n) is 1.35. The summed E-state index contributed by atoms with van der Waals surface area (Å²) in [7, 11) is 0.214. The molecule has 0 aromatic heterocycles. The molecule has 0 fully saturated rings. The van der Waals surface area contributed by atoms with Gasteiger partial charge in [-0.25, -0.2) is 13.1 Å². The minimum absolute atomic E-state index is 0.229. The fraction of sp³-hybridized carbons (Fsp3) is 0.400. The second-order valence-electron chi connectivity index (χ2n) is 3.62. The molecular weight excluding hydrogens is 226 g/mol. The Labute approximate surface area is 96.3 Å². The van der Waals surface area contributed by atoms with Gasteiger partial charge in [0.25, 0.3) is 0 Å². The first-order valence-electron chi connectivity index (χ1n) is 4.95. The third-order valence-corrected chi connectivity index (χ3v) is 3.67. The van der Waals surface area contributed by atoms with Gasteiger partial charge in [-0.1, -0.05) is 6.92 Å². The van der Waals surface area contributed by atoms with E-state index in [-0.39, 0.29) is 4.90 Å². The molecule has 1 rings (SSSR count). The highest BCUT2D eigenvalue weighted by molar-refractivity contribution is 7.89. The van der Waals surface area contributed by atoms with E-state index < -0.39 is 10.0 Å². The minimum Gasteiger partial charge on any atom is -0.397 e. The maximum Gasteiger partial charge on any atom is 0.240 e. The Balaban J connectivity index is 3.23. The standard InChI is InChI=1S/C10H17N3O2S/c1-4-12-16(14,15)8-5-6-9(11)10(7-8)13(2)3/h5-7,12H,4,11H2,1-3H3. The van der Waals surface area contributed by atoms with Gasteiger partial charge in [0.1, 0.15) is 0 Å². The smallest absolute Gasteiger partial charge is 0.240 e. The van der Waals surface area contributed by atoms with Crippen LogP contribution in [-0.4, -0.2) is 29.1 Å². The summed E-state index contributed by atoms with van der Waals surface area (Å²) in [5.41, 5.74) is 7.00. The van der Waals surface area contributed by atoms with E-state index in [1.54, 1.807) is 24.0 Å². The van der Waals surface area contributed by atoms with Gasteiger partial charge in [-0.3, -0.25) is 0 Å². The molecule has 0 aliphatic carbocycles. The Morgan fingerprint density at radius 3 is 2.50 bits per heavy atom. The first-order chi connectivity index (χ1) is 7.38. The number of hydrogen-bond acceptors (Lipinski definition) is 4. The molecular formula is C10H17N3O2S. The molecule has 0 saturated heterocycles. The van der Waals surface area contributed by atoms with Gasteiger partial charge in [-0.2, -0.15) is 0 Å². The summed E-state index contributed by atoms with van der Waals surface area (Å²) in [6.45, 7) is 2.10. The maximum atomic E-state index is 11.7. The van der Waals surface area contributed by atoms with Gasteiger partial charge >= 0.3 is 0 Å². The second-order valence-corrected chi connectivity index (χ2v) is 5.38. The Kier molecular flexibility index (Phi) is 3.77. The Morgan fingerprint density at radius 2 is 2.00 bits per heavy atom. The monoisotopic (exact) mass is 243 g/mol. The summed E-state index contributed by atoms with van der Waals surface area (Å²) >= 11 is 0. The quantitative estimate of drug-likeness (QED) is 0.761.